The highest BCUT2D eigenvalue weighted by molar-refractivity contribution is 5.98. The van der Waals surface area contributed by atoms with Gasteiger partial charge in [0.25, 0.3) is 0 Å². The number of carboxylic acids is 1. The van der Waals surface area contributed by atoms with E-state index in [-0.39, 0.29) is 18.3 Å². The maximum atomic E-state index is 11.8. The Morgan fingerprint density at radius 2 is 2.05 bits per heavy atom. The molecular formula is C16H26O4. The lowest BCUT2D eigenvalue weighted by atomic mass is 10.0. The smallest absolute Gasteiger partial charge is 0.303 e. The lowest BCUT2D eigenvalue weighted by Crippen LogP contribution is -2.09. The van der Waals surface area contributed by atoms with Crippen molar-refractivity contribution in [2.45, 2.75) is 70.8 Å². The molecule has 1 aliphatic rings. The quantitative estimate of drug-likeness (QED) is 0.589. The zero-order valence-corrected chi connectivity index (χ0v) is 12.4. The summed E-state index contributed by atoms with van der Waals surface area (Å²) in [5, 5.41) is 8.53. The number of rotatable bonds is 11. The lowest BCUT2D eigenvalue weighted by Gasteiger charge is -2.07. The van der Waals surface area contributed by atoms with Gasteiger partial charge in [-0.2, -0.15) is 0 Å². The molecule has 0 heterocycles. The molecule has 0 aromatic heterocycles. The Balaban J connectivity index is 2.14. The summed E-state index contributed by atoms with van der Waals surface area (Å²) in [5.74, 6) is -0.511. The largest absolute Gasteiger partial charge is 0.481 e. The predicted octanol–water partition coefficient (Wildman–Crippen LogP) is 3.50. The number of allylic oxidation sites excluding steroid dienone is 1. The predicted molar refractivity (Wildman–Crippen MR) is 77.7 cm³/mol. The standard InChI is InChI=1S/C16H26O4/c1-2-3-10-20-14-11-13(15(17)12-14)8-6-4-5-7-9-16(18)19/h11,14H,2-10,12H2,1H3,(H,18,19). The van der Waals surface area contributed by atoms with Crippen LogP contribution < -0.4 is 0 Å². The molecule has 1 aliphatic carbocycles. The van der Waals surface area contributed by atoms with Crippen LogP contribution in [0.4, 0.5) is 0 Å². The Labute approximate surface area is 121 Å². The molecule has 20 heavy (non-hydrogen) atoms. The van der Waals surface area contributed by atoms with Gasteiger partial charge in [-0.05, 0) is 37.3 Å². The van der Waals surface area contributed by atoms with E-state index >= 15 is 0 Å². The van der Waals surface area contributed by atoms with Gasteiger partial charge in [0.05, 0.1) is 6.10 Å². The minimum absolute atomic E-state index is 0.0175. The van der Waals surface area contributed by atoms with E-state index in [0.717, 1.165) is 57.1 Å². The van der Waals surface area contributed by atoms with E-state index in [9.17, 15) is 9.59 Å². The topological polar surface area (TPSA) is 63.6 Å². The van der Waals surface area contributed by atoms with E-state index < -0.39 is 5.97 Å². The summed E-state index contributed by atoms with van der Waals surface area (Å²) in [6.07, 6.45) is 9.25. The van der Waals surface area contributed by atoms with Crippen molar-refractivity contribution in [1.82, 2.24) is 0 Å². The number of Topliss-reactive ketones (excluding diaryl/α,β-unsaturated/α-hetero) is 1. The van der Waals surface area contributed by atoms with E-state index in [0.29, 0.717) is 6.42 Å². The number of unbranched alkanes of at least 4 members (excludes halogenated alkanes) is 4. The van der Waals surface area contributed by atoms with Crippen molar-refractivity contribution in [3.63, 3.8) is 0 Å². The van der Waals surface area contributed by atoms with Gasteiger partial charge >= 0.3 is 5.97 Å². The Kier molecular flexibility index (Phi) is 8.19. The number of aliphatic carboxylic acids is 1. The molecule has 0 radical (unpaired) electrons. The molecule has 114 valence electrons. The van der Waals surface area contributed by atoms with Gasteiger partial charge in [0.1, 0.15) is 0 Å². The third-order valence-electron chi connectivity index (χ3n) is 3.55. The summed E-state index contributed by atoms with van der Waals surface area (Å²) in [7, 11) is 0. The summed E-state index contributed by atoms with van der Waals surface area (Å²) in [6, 6.07) is 0. The molecule has 1 N–H and O–H groups in total. The molecule has 0 spiro atoms. The zero-order chi connectivity index (χ0) is 14.8. The van der Waals surface area contributed by atoms with E-state index in [1.165, 1.54) is 0 Å². The van der Waals surface area contributed by atoms with E-state index in [1.807, 2.05) is 6.08 Å². The Hall–Kier alpha value is -1.16. The maximum absolute atomic E-state index is 11.8. The average Bonchev–Trinajstić information content (AvgIpc) is 2.74. The van der Waals surface area contributed by atoms with Crippen LogP contribution in [0, 0.1) is 0 Å². The molecule has 0 aromatic carbocycles. The Bertz CT molecular complexity index is 346. The Morgan fingerprint density at radius 3 is 2.75 bits per heavy atom. The summed E-state index contributed by atoms with van der Waals surface area (Å²) in [6.45, 7) is 2.85. The average molecular weight is 282 g/mol. The molecule has 0 aliphatic heterocycles. The molecule has 1 atom stereocenters. The van der Waals surface area contributed by atoms with Crippen LogP contribution in [0.15, 0.2) is 11.6 Å². The molecule has 1 rings (SSSR count). The van der Waals surface area contributed by atoms with Crippen molar-refractivity contribution < 1.29 is 19.4 Å². The second-order valence-corrected chi connectivity index (χ2v) is 5.39. The van der Waals surface area contributed by atoms with Crippen molar-refractivity contribution in [2.24, 2.45) is 0 Å². The monoisotopic (exact) mass is 282 g/mol. The molecule has 0 saturated carbocycles. The number of carboxylic acid groups (broad SMARTS) is 1. The third kappa shape index (κ3) is 6.85. The first-order chi connectivity index (χ1) is 9.63. The van der Waals surface area contributed by atoms with Crippen LogP contribution in [0.1, 0.15) is 64.7 Å². The number of hydrogen-bond acceptors (Lipinski definition) is 3. The van der Waals surface area contributed by atoms with Crippen LogP contribution >= 0.6 is 0 Å². The highest BCUT2D eigenvalue weighted by Crippen LogP contribution is 2.23. The van der Waals surface area contributed by atoms with Gasteiger partial charge in [0.2, 0.25) is 0 Å². The molecule has 4 nitrogen and oxygen atoms in total. The normalized spacial score (nSPS) is 18.4. The highest BCUT2D eigenvalue weighted by atomic mass is 16.5. The van der Waals surface area contributed by atoms with Gasteiger partial charge < -0.3 is 9.84 Å². The first kappa shape index (κ1) is 16.9. The van der Waals surface area contributed by atoms with Crippen molar-refractivity contribution in [2.75, 3.05) is 6.61 Å². The van der Waals surface area contributed by atoms with Crippen molar-refractivity contribution >= 4 is 11.8 Å². The van der Waals surface area contributed by atoms with Crippen molar-refractivity contribution in [1.29, 1.82) is 0 Å². The highest BCUT2D eigenvalue weighted by Gasteiger charge is 2.23. The maximum Gasteiger partial charge on any atom is 0.303 e. The van der Waals surface area contributed by atoms with Crippen LogP contribution in [-0.4, -0.2) is 29.6 Å². The van der Waals surface area contributed by atoms with Gasteiger partial charge in [-0.15, -0.1) is 0 Å². The molecule has 0 bridgehead atoms. The summed E-state index contributed by atoms with van der Waals surface area (Å²) >= 11 is 0. The summed E-state index contributed by atoms with van der Waals surface area (Å²) in [4.78, 5) is 22.2. The van der Waals surface area contributed by atoms with Crippen LogP contribution in [-0.2, 0) is 14.3 Å². The zero-order valence-electron chi connectivity index (χ0n) is 12.4. The lowest BCUT2D eigenvalue weighted by molar-refractivity contribution is -0.137. The van der Waals surface area contributed by atoms with Crippen LogP contribution in [0.3, 0.4) is 0 Å². The van der Waals surface area contributed by atoms with Gasteiger partial charge in [-0.3, -0.25) is 9.59 Å². The number of ether oxygens (including phenoxy) is 1. The number of hydrogen-bond donors (Lipinski definition) is 1. The van der Waals surface area contributed by atoms with Gasteiger partial charge in [-0.25, -0.2) is 0 Å². The minimum atomic E-state index is -0.731. The molecule has 4 heteroatoms. The molecule has 0 aromatic rings. The fourth-order valence-electron chi connectivity index (χ4n) is 2.34. The first-order valence-corrected chi connectivity index (χ1v) is 7.70. The molecule has 0 saturated heterocycles. The van der Waals surface area contributed by atoms with Gasteiger partial charge in [-0.1, -0.05) is 26.2 Å². The molecule has 0 fully saturated rings. The second-order valence-electron chi connectivity index (χ2n) is 5.39. The minimum Gasteiger partial charge on any atom is -0.481 e. The summed E-state index contributed by atoms with van der Waals surface area (Å²) in [5.41, 5.74) is 0.907. The third-order valence-corrected chi connectivity index (χ3v) is 3.55. The fourth-order valence-corrected chi connectivity index (χ4v) is 2.34. The number of carbonyl (C=O) groups is 2. The second kappa shape index (κ2) is 9.70. The van der Waals surface area contributed by atoms with E-state index in [1.54, 1.807) is 0 Å². The van der Waals surface area contributed by atoms with Crippen LogP contribution in [0.25, 0.3) is 0 Å². The van der Waals surface area contributed by atoms with Gasteiger partial charge in [0.15, 0.2) is 5.78 Å². The molecule has 0 amide bonds. The van der Waals surface area contributed by atoms with Crippen LogP contribution in [0.2, 0.25) is 0 Å². The molecular weight excluding hydrogens is 256 g/mol. The number of ketones is 1. The number of carbonyl (C=O) groups excluding carboxylic acids is 1. The summed E-state index contributed by atoms with van der Waals surface area (Å²) < 4.78 is 5.65. The van der Waals surface area contributed by atoms with E-state index in [4.69, 9.17) is 9.84 Å². The first-order valence-electron chi connectivity index (χ1n) is 7.70. The fraction of sp³-hybridized carbons (Fsp3) is 0.750. The Morgan fingerprint density at radius 1 is 1.30 bits per heavy atom. The molecule has 1 unspecified atom stereocenters. The van der Waals surface area contributed by atoms with Crippen molar-refractivity contribution in [3.05, 3.63) is 11.6 Å². The van der Waals surface area contributed by atoms with Gasteiger partial charge in [0, 0.05) is 19.4 Å². The SMILES string of the molecule is CCCCOC1C=C(CCCCCCC(=O)O)C(=O)C1. The van der Waals surface area contributed by atoms with Crippen molar-refractivity contribution in [3.8, 4) is 0 Å². The van der Waals surface area contributed by atoms with Crippen LogP contribution in [0.5, 0.6) is 0 Å². The van der Waals surface area contributed by atoms with E-state index in [2.05, 4.69) is 6.92 Å².